The molecule has 0 saturated heterocycles. The Bertz CT molecular complexity index is 1780. The molecule has 11 nitrogen and oxygen atoms in total. The van der Waals surface area contributed by atoms with Gasteiger partial charge in [-0.05, 0) is 89.4 Å². The second-order valence-electron chi connectivity index (χ2n) is 13.0. The fourth-order valence-corrected chi connectivity index (χ4v) is 7.85. The summed E-state index contributed by atoms with van der Waals surface area (Å²) >= 11 is 0. The van der Waals surface area contributed by atoms with Crippen molar-refractivity contribution in [3.05, 3.63) is 83.4 Å². The predicted molar refractivity (Wildman–Crippen MR) is 190 cm³/mol. The number of carbonyl (C=O) groups excluding carboxylic acids is 1. The first-order valence-corrected chi connectivity index (χ1v) is 19.5. The largest absolute Gasteiger partial charge is 0.490 e. The van der Waals surface area contributed by atoms with E-state index in [0.29, 0.717) is 25.2 Å². The number of aryl methyl sites for hydroxylation is 2. The van der Waals surface area contributed by atoms with Gasteiger partial charge in [0, 0.05) is 38.3 Å². The Hall–Kier alpha value is -3.49. The first-order valence-electron chi connectivity index (χ1n) is 16.6. The number of aliphatic hydroxyl groups excluding tert-OH is 1. The lowest BCUT2D eigenvalue weighted by atomic mass is 10.0. The van der Waals surface area contributed by atoms with Crippen LogP contribution < -0.4 is 9.46 Å². The summed E-state index contributed by atoms with van der Waals surface area (Å²) in [5, 5.41) is 10.2. The van der Waals surface area contributed by atoms with Gasteiger partial charge in [0.1, 0.15) is 5.75 Å². The summed E-state index contributed by atoms with van der Waals surface area (Å²) in [5.41, 5.74) is 2.18. The van der Waals surface area contributed by atoms with Gasteiger partial charge in [0.15, 0.2) is 0 Å². The van der Waals surface area contributed by atoms with E-state index in [1.807, 2.05) is 27.7 Å². The van der Waals surface area contributed by atoms with Crippen LogP contribution in [0.2, 0.25) is 0 Å². The van der Waals surface area contributed by atoms with Crippen LogP contribution in [0.3, 0.4) is 0 Å². The van der Waals surface area contributed by atoms with E-state index in [0.717, 1.165) is 17.5 Å². The normalized spacial score (nSPS) is 20.6. The van der Waals surface area contributed by atoms with Crippen molar-refractivity contribution in [1.82, 2.24) is 9.21 Å². The molecule has 0 fully saturated rings. The van der Waals surface area contributed by atoms with Crippen LogP contribution in [0.4, 0.5) is 5.69 Å². The highest BCUT2D eigenvalue weighted by Gasteiger charge is 2.32. The van der Waals surface area contributed by atoms with Gasteiger partial charge in [0.05, 0.1) is 40.2 Å². The van der Waals surface area contributed by atoms with Crippen molar-refractivity contribution in [2.45, 2.75) is 81.9 Å². The Balaban J connectivity index is 1.67. The van der Waals surface area contributed by atoms with Crippen LogP contribution in [0.15, 0.2) is 76.5 Å². The summed E-state index contributed by atoms with van der Waals surface area (Å²) in [7, 11) is -6.25. The molecule has 3 aromatic rings. The molecule has 0 radical (unpaired) electrons. The molecule has 13 heteroatoms. The molecule has 0 aliphatic carbocycles. The van der Waals surface area contributed by atoms with Gasteiger partial charge in [0.25, 0.3) is 15.9 Å². The highest BCUT2D eigenvalue weighted by molar-refractivity contribution is 7.92. The topological polar surface area (TPSA) is 143 Å². The van der Waals surface area contributed by atoms with Crippen molar-refractivity contribution in [2.75, 3.05) is 38.1 Å². The molecule has 4 atom stereocenters. The summed E-state index contributed by atoms with van der Waals surface area (Å²) in [4.78, 5) is 16.2. The van der Waals surface area contributed by atoms with Crippen LogP contribution in [-0.2, 0) is 24.8 Å². The maximum atomic E-state index is 14.4. The number of amides is 1. The Labute approximate surface area is 291 Å². The van der Waals surface area contributed by atoms with Crippen molar-refractivity contribution >= 4 is 31.6 Å². The van der Waals surface area contributed by atoms with Crippen molar-refractivity contribution in [2.24, 2.45) is 5.92 Å². The number of carbonyl (C=O) groups is 1. The lowest BCUT2D eigenvalue weighted by Crippen LogP contribution is -2.48. The molecule has 268 valence electrons. The maximum Gasteiger partial charge on any atom is 0.261 e. The monoisotopic (exact) mass is 715 g/mol. The van der Waals surface area contributed by atoms with Gasteiger partial charge >= 0.3 is 0 Å². The number of benzene rings is 3. The van der Waals surface area contributed by atoms with Crippen molar-refractivity contribution in [1.29, 1.82) is 0 Å². The zero-order valence-electron chi connectivity index (χ0n) is 29.1. The molecule has 0 saturated carbocycles. The smallest absolute Gasteiger partial charge is 0.261 e. The molecule has 1 heterocycles. The third-order valence-corrected chi connectivity index (χ3v) is 12.0. The van der Waals surface area contributed by atoms with Crippen LogP contribution in [0.5, 0.6) is 5.75 Å². The van der Waals surface area contributed by atoms with Gasteiger partial charge < -0.3 is 19.5 Å². The number of nitrogens with one attached hydrogen (secondary N) is 1. The van der Waals surface area contributed by atoms with Crippen LogP contribution in [-0.4, -0.2) is 88.7 Å². The molecular weight excluding hydrogens is 667 g/mol. The van der Waals surface area contributed by atoms with Crippen molar-refractivity contribution in [3.8, 4) is 5.75 Å². The Morgan fingerprint density at radius 3 is 2.16 bits per heavy atom. The zero-order chi connectivity index (χ0) is 35.9. The SMILES string of the molecule is Cc1ccc(S(=O)(=O)Nc2ccc3c(c2)C(=O)N([C@@H](C)CO)C[C@@H](C)[C@H](CN(C)S(=O)(=O)c2ccc(C)cc2)OCCCC[C@H](C)O3)cc1. The minimum atomic E-state index is -3.96. The summed E-state index contributed by atoms with van der Waals surface area (Å²) in [6.07, 6.45) is 1.31. The second-order valence-corrected chi connectivity index (χ2v) is 16.8. The predicted octanol–water partition coefficient (Wildman–Crippen LogP) is 5.22. The van der Waals surface area contributed by atoms with E-state index in [1.54, 1.807) is 55.5 Å². The average molecular weight is 716 g/mol. The molecule has 2 N–H and O–H groups in total. The minimum absolute atomic E-state index is 0.0496. The highest BCUT2D eigenvalue weighted by atomic mass is 32.2. The second kappa shape index (κ2) is 16.5. The molecule has 1 aliphatic heterocycles. The van der Waals surface area contributed by atoms with Crippen LogP contribution in [0.25, 0.3) is 0 Å². The molecule has 0 unspecified atom stereocenters. The van der Waals surface area contributed by atoms with Gasteiger partial charge in [-0.25, -0.2) is 16.8 Å². The fourth-order valence-electron chi connectivity index (χ4n) is 5.62. The number of anilines is 1. The van der Waals surface area contributed by atoms with Crippen molar-refractivity contribution in [3.63, 3.8) is 0 Å². The number of aliphatic hydroxyl groups is 1. The zero-order valence-corrected chi connectivity index (χ0v) is 30.8. The summed E-state index contributed by atoms with van der Waals surface area (Å²) in [6, 6.07) is 17.1. The number of rotatable bonds is 9. The number of hydrogen-bond acceptors (Lipinski definition) is 8. The van der Waals surface area contributed by atoms with Crippen LogP contribution >= 0.6 is 0 Å². The Morgan fingerprint density at radius 1 is 0.939 bits per heavy atom. The number of hydrogen-bond donors (Lipinski definition) is 2. The molecule has 0 aromatic heterocycles. The molecular formula is C36H49N3O8S2. The lowest BCUT2D eigenvalue weighted by Gasteiger charge is -2.35. The first-order chi connectivity index (χ1) is 23.1. The van der Waals surface area contributed by atoms with E-state index in [2.05, 4.69) is 4.72 Å². The van der Waals surface area contributed by atoms with Gasteiger partial charge in [-0.1, -0.05) is 42.3 Å². The first kappa shape index (κ1) is 38.3. The maximum absolute atomic E-state index is 14.4. The summed E-state index contributed by atoms with van der Waals surface area (Å²) in [5.74, 6) is -0.529. The lowest BCUT2D eigenvalue weighted by molar-refractivity contribution is -0.00833. The fraction of sp³-hybridized carbons (Fsp3) is 0.472. The third-order valence-electron chi connectivity index (χ3n) is 8.80. The average Bonchev–Trinajstić information content (AvgIpc) is 3.06. The summed E-state index contributed by atoms with van der Waals surface area (Å²) in [6.45, 7) is 9.49. The van der Waals surface area contributed by atoms with E-state index >= 15 is 0 Å². The van der Waals surface area contributed by atoms with Crippen molar-refractivity contribution < 1.29 is 36.2 Å². The molecule has 1 amide bonds. The Kier molecular flexibility index (Phi) is 12.9. The minimum Gasteiger partial charge on any atom is -0.490 e. The molecule has 1 aliphatic rings. The van der Waals surface area contributed by atoms with E-state index in [9.17, 15) is 26.7 Å². The molecule has 49 heavy (non-hydrogen) atoms. The number of fused-ring (bicyclic) bond motifs is 1. The molecule has 0 spiro atoms. The summed E-state index contributed by atoms with van der Waals surface area (Å²) < 4.78 is 69.8. The van der Waals surface area contributed by atoms with Gasteiger partial charge in [-0.3, -0.25) is 9.52 Å². The number of sulfonamides is 2. The van der Waals surface area contributed by atoms with Gasteiger partial charge in [0.2, 0.25) is 10.0 Å². The molecule has 0 bridgehead atoms. The number of likely N-dealkylation sites (N-methyl/N-ethyl adjacent to an activating group) is 1. The van der Waals surface area contributed by atoms with Gasteiger partial charge in [-0.15, -0.1) is 0 Å². The van der Waals surface area contributed by atoms with Gasteiger partial charge in [-0.2, -0.15) is 4.31 Å². The molecule has 4 rings (SSSR count). The Morgan fingerprint density at radius 2 is 1.55 bits per heavy atom. The van der Waals surface area contributed by atoms with Crippen LogP contribution in [0.1, 0.15) is 61.5 Å². The van der Waals surface area contributed by atoms with Crippen LogP contribution in [0, 0.1) is 19.8 Å². The third kappa shape index (κ3) is 9.82. The number of nitrogens with zero attached hydrogens (tertiary/aromatic N) is 2. The number of ether oxygens (including phenoxy) is 2. The van der Waals surface area contributed by atoms with E-state index in [4.69, 9.17) is 9.47 Å². The van der Waals surface area contributed by atoms with E-state index in [-0.39, 0.29) is 52.8 Å². The van der Waals surface area contributed by atoms with E-state index in [1.165, 1.54) is 34.5 Å². The van der Waals surface area contributed by atoms with E-state index < -0.39 is 38.1 Å². The molecule has 3 aromatic carbocycles. The highest BCUT2D eigenvalue weighted by Crippen LogP contribution is 2.30. The quantitative estimate of drug-likeness (QED) is 0.307. The standard InChI is InChI=1S/C36H49N3O8S2/c1-25-10-15-31(16-11-25)48(42,43)37-30-14-19-34-33(21-30)36(41)39(28(4)24-40)22-27(3)35(46-20-8-7-9-29(5)47-34)23-38(6)49(44,45)32-17-12-26(2)13-18-32/h10-19,21,27-29,35,37,40H,7-9,20,22-24H2,1-6H3/t27-,28+,29+,35+/m1/s1.